The third-order valence-electron chi connectivity index (χ3n) is 4.67. The van der Waals surface area contributed by atoms with Gasteiger partial charge in [0.1, 0.15) is 11.5 Å². The van der Waals surface area contributed by atoms with Gasteiger partial charge in [0.2, 0.25) is 0 Å². The van der Waals surface area contributed by atoms with Crippen LogP contribution in [-0.2, 0) is 16.4 Å². The highest BCUT2D eigenvalue weighted by atomic mass is 32.2. The molecule has 0 aromatic heterocycles. The monoisotopic (exact) mass is 490 g/mol. The van der Waals surface area contributed by atoms with E-state index in [0.717, 1.165) is 5.56 Å². The van der Waals surface area contributed by atoms with Crippen LogP contribution < -0.4 is 19.5 Å². The lowest BCUT2D eigenvalue weighted by atomic mass is 10.1. The number of hydrogen-bond acceptors (Lipinski definition) is 5. The van der Waals surface area contributed by atoms with Crippen molar-refractivity contribution in [1.82, 2.24) is 5.32 Å². The number of benzene rings is 3. The van der Waals surface area contributed by atoms with Crippen molar-refractivity contribution in [2.45, 2.75) is 24.9 Å². The van der Waals surface area contributed by atoms with Crippen LogP contribution in [0.5, 0.6) is 11.5 Å². The number of amides is 1. The Morgan fingerprint density at radius 1 is 0.971 bits per heavy atom. The lowest BCUT2D eigenvalue weighted by Gasteiger charge is -2.11. The van der Waals surface area contributed by atoms with Crippen molar-refractivity contribution in [2.24, 2.45) is 0 Å². The first kappa shape index (κ1) is 25.0. The second-order valence-corrected chi connectivity index (χ2v) is 8.80. The van der Waals surface area contributed by atoms with E-state index in [1.807, 2.05) is 6.92 Å². The molecule has 3 rings (SSSR count). The Labute approximate surface area is 196 Å². The van der Waals surface area contributed by atoms with Gasteiger partial charge >= 0.3 is 6.61 Å². The molecule has 0 spiro atoms. The first-order chi connectivity index (χ1) is 16.3. The summed E-state index contributed by atoms with van der Waals surface area (Å²) < 4.78 is 62.0. The zero-order valence-corrected chi connectivity index (χ0v) is 19.1. The van der Waals surface area contributed by atoms with Crippen molar-refractivity contribution in [3.63, 3.8) is 0 Å². The van der Waals surface area contributed by atoms with Gasteiger partial charge in [0.15, 0.2) is 0 Å². The summed E-state index contributed by atoms with van der Waals surface area (Å²) in [5.41, 5.74) is 1.37. The van der Waals surface area contributed by atoms with Crippen LogP contribution in [-0.4, -0.2) is 34.1 Å². The molecule has 3 aromatic rings. The highest BCUT2D eigenvalue weighted by Crippen LogP contribution is 2.20. The molecule has 0 saturated heterocycles. The van der Waals surface area contributed by atoms with Gasteiger partial charge in [0, 0.05) is 17.8 Å². The van der Waals surface area contributed by atoms with Crippen LogP contribution in [0.25, 0.3) is 0 Å². The van der Waals surface area contributed by atoms with Crippen LogP contribution in [0.4, 0.5) is 14.5 Å². The Hall–Kier alpha value is -3.66. The minimum atomic E-state index is -3.91. The summed E-state index contributed by atoms with van der Waals surface area (Å²) >= 11 is 0. The van der Waals surface area contributed by atoms with Crippen LogP contribution in [0.2, 0.25) is 0 Å². The summed E-state index contributed by atoms with van der Waals surface area (Å²) in [4.78, 5) is 12.5. The summed E-state index contributed by atoms with van der Waals surface area (Å²) in [6, 6.07) is 18.3. The Kier molecular flexibility index (Phi) is 8.42. The average Bonchev–Trinajstić information content (AvgIpc) is 2.81. The van der Waals surface area contributed by atoms with E-state index in [-0.39, 0.29) is 22.8 Å². The van der Waals surface area contributed by atoms with Crippen molar-refractivity contribution in [3.8, 4) is 11.5 Å². The van der Waals surface area contributed by atoms with Gasteiger partial charge in [-0.25, -0.2) is 8.42 Å². The van der Waals surface area contributed by atoms with Crippen LogP contribution in [0.1, 0.15) is 22.8 Å². The maximum atomic E-state index is 12.7. The van der Waals surface area contributed by atoms with Gasteiger partial charge < -0.3 is 14.8 Å². The van der Waals surface area contributed by atoms with Gasteiger partial charge in [0.25, 0.3) is 15.9 Å². The number of nitrogens with one attached hydrogen (secondary N) is 2. The summed E-state index contributed by atoms with van der Waals surface area (Å²) in [7, 11) is -3.91. The fourth-order valence-electron chi connectivity index (χ4n) is 3.06. The van der Waals surface area contributed by atoms with E-state index >= 15 is 0 Å². The number of carbonyl (C=O) groups is 1. The number of carbonyl (C=O) groups excluding carboxylic acids is 1. The molecule has 0 atom stereocenters. The predicted octanol–water partition coefficient (Wildman–Crippen LogP) is 4.46. The Morgan fingerprint density at radius 2 is 1.65 bits per heavy atom. The van der Waals surface area contributed by atoms with Gasteiger partial charge in [-0.2, -0.15) is 8.78 Å². The topological polar surface area (TPSA) is 93.7 Å². The number of hydrogen-bond donors (Lipinski definition) is 2. The highest BCUT2D eigenvalue weighted by molar-refractivity contribution is 7.92. The number of anilines is 1. The maximum absolute atomic E-state index is 12.7. The average molecular weight is 491 g/mol. The van der Waals surface area contributed by atoms with Crippen LogP contribution in [0.15, 0.2) is 77.7 Å². The summed E-state index contributed by atoms with van der Waals surface area (Å²) in [6.07, 6.45) is 0.456. The second kappa shape index (κ2) is 11.5. The molecule has 0 saturated carbocycles. The van der Waals surface area contributed by atoms with Gasteiger partial charge in [-0.1, -0.05) is 18.2 Å². The van der Waals surface area contributed by atoms with Crippen molar-refractivity contribution in [3.05, 3.63) is 83.9 Å². The number of ether oxygens (including phenoxy) is 2. The second-order valence-electron chi connectivity index (χ2n) is 7.12. The largest absolute Gasteiger partial charge is 0.494 e. The fourth-order valence-corrected chi connectivity index (χ4v) is 4.17. The lowest BCUT2D eigenvalue weighted by molar-refractivity contribution is -0.0498. The third kappa shape index (κ3) is 7.17. The number of rotatable bonds is 11. The summed E-state index contributed by atoms with van der Waals surface area (Å²) in [5.74, 6) is 0.247. The highest BCUT2D eigenvalue weighted by Gasteiger charge is 2.17. The molecule has 0 bridgehead atoms. The van der Waals surface area contributed by atoms with Crippen molar-refractivity contribution < 1.29 is 31.5 Å². The van der Waals surface area contributed by atoms with Gasteiger partial charge in [-0.05, 0) is 73.5 Å². The summed E-state index contributed by atoms with van der Waals surface area (Å²) in [5, 5.41) is 2.72. The molecule has 0 heterocycles. The Bertz CT molecular complexity index is 1200. The van der Waals surface area contributed by atoms with E-state index in [1.165, 1.54) is 36.4 Å². The zero-order chi connectivity index (χ0) is 24.6. The summed E-state index contributed by atoms with van der Waals surface area (Å²) in [6.45, 7) is -0.260. The van der Waals surface area contributed by atoms with Crippen molar-refractivity contribution in [2.75, 3.05) is 17.9 Å². The van der Waals surface area contributed by atoms with Gasteiger partial charge in [0.05, 0.1) is 11.5 Å². The molecular formula is C24H24F2N2O5S. The molecule has 34 heavy (non-hydrogen) atoms. The molecule has 0 fully saturated rings. The third-order valence-corrected chi connectivity index (χ3v) is 6.05. The SMILES string of the molecule is CCOc1ccc(NS(=O)(=O)c2cccc(C(=O)NCCc3ccc(OC(F)F)cc3)c2)cc1. The maximum Gasteiger partial charge on any atom is 0.387 e. The zero-order valence-electron chi connectivity index (χ0n) is 18.3. The van der Waals surface area contributed by atoms with E-state index in [0.29, 0.717) is 24.5 Å². The van der Waals surface area contributed by atoms with E-state index in [1.54, 1.807) is 36.4 Å². The molecule has 1 amide bonds. The molecule has 0 unspecified atom stereocenters. The van der Waals surface area contributed by atoms with Gasteiger partial charge in [-0.3, -0.25) is 9.52 Å². The molecule has 0 aliphatic heterocycles. The smallest absolute Gasteiger partial charge is 0.387 e. The molecular weight excluding hydrogens is 466 g/mol. The van der Waals surface area contributed by atoms with Crippen LogP contribution >= 0.6 is 0 Å². The Morgan fingerprint density at radius 3 is 2.29 bits per heavy atom. The first-order valence-corrected chi connectivity index (χ1v) is 11.9. The first-order valence-electron chi connectivity index (χ1n) is 10.4. The molecule has 0 radical (unpaired) electrons. The molecule has 0 aliphatic carbocycles. The fraction of sp³-hybridized carbons (Fsp3) is 0.208. The minimum absolute atomic E-state index is 0.0522. The van der Waals surface area contributed by atoms with Crippen LogP contribution in [0, 0.1) is 0 Å². The van der Waals surface area contributed by atoms with Crippen molar-refractivity contribution in [1.29, 1.82) is 0 Å². The molecule has 7 nitrogen and oxygen atoms in total. The molecule has 3 aromatic carbocycles. The number of halogens is 2. The standard InChI is InChI=1S/C24H24F2N2O5S/c1-2-32-20-12-8-19(9-13-20)28-34(30,31)22-5-3-4-18(16-22)23(29)27-15-14-17-6-10-21(11-7-17)33-24(25)26/h3-13,16,24,28H,2,14-15H2,1H3,(H,27,29). The van der Waals surface area contributed by atoms with Crippen molar-refractivity contribution >= 4 is 21.6 Å². The van der Waals surface area contributed by atoms with E-state index in [9.17, 15) is 22.0 Å². The van der Waals surface area contributed by atoms with Crippen LogP contribution in [0.3, 0.4) is 0 Å². The predicted molar refractivity (Wildman–Crippen MR) is 124 cm³/mol. The molecule has 10 heteroatoms. The normalized spacial score (nSPS) is 11.2. The van der Waals surface area contributed by atoms with E-state index in [4.69, 9.17) is 4.74 Å². The number of alkyl halides is 2. The quantitative estimate of drug-likeness (QED) is 0.414. The molecule has 2 N–H and O–H groups in total. The Balaban J connectivity index is 1.58. The van der Waals surface area contributed by atoms with Gasteiger partial charge in [-0.15, -0.1) is 0 Å². The van der Waals surface area contributed by atoms with E-state index < -0.39 is 22.5 Å². The molecule has 180 valence electrons. The van der Waals surface area contributed by atoms with E-state index in [2.05, 4.69) is 14.8 Å². The minimum Gasteiger partial charge on any atom is -0.494 e. The lowest BCUT2D eigenvalue weighted by Crippen LogP contribution is -2.26. The number of sulfonamides is 1. The molecule has 0 aliphatic rings.